The van der Waals surface area contributed by atoms with E-state index >= 15 is 0 Å². The lowest BCUT2D eigenvalue weighted by Crippen LogP contribution is -2.40. The van der Waals surface area contributed by atoms with E-state index in [1.165, 1.54) is 0 Å². The molecule has 1 aromatic rings. The van der Waals surface area contributed by atoms with E-state index < -0.39 is 0 Å². The van der Waals surface area contributed by atoms with Gasteiger partial charge in [-0.3, -0.25) is 4.79 Å². The molecule has 0 radical (unpaired) electrons. The molecule has 0 aromatic heterocycles. The quantitative estimate of drug-likeness (QED) is 0.768. The molecule has 1 amide bonds. The van der Waals surface area contributed by atoms with Gasteiger partial charge in [0.05, 0.1) is 0 Å². The highest BCUT2D eigenvalue weighted by molar-refractivity contribution is 5.92. The monoisotopic (exact) mass is 333 g/mol. The number of rotatable bonds is 8. The number of anilines is 1. The average Bonchev–Trinajstić information content (AvgIpc) is 2.60. The maximum atomic E-state index is 12.3. The molecule has 1 aromatic carbocycles. The standard InChI is InChI=1S/C19H31N3O2/c1-4-22(5-2)12-13-24-18-8-6-17(7-9-18)21-19(23)16-10-11-20-15(3)14-16/h6-9,15-16,20H,4-5,10-14H2,1-3H3,(H,21,23)/t15-,16-/m0/s1. The first-order valence-electron chi connectivity index (χ1n) is 9.11. The second-order valence-corrected chi connectivity index (χ2v) is 6.47. The third-order valence-electron chi connectivity index (χ3n) is 4.69. The van der Waals surface area contributed by atoms with Crippen LogP contribution in [0.5, 0.6) is 5.75 Å². The summed E-state index contributed by atoms with van der Waals surface area (Å²) in [5.41, 5.74) is 0.835. The summed E-state index contributed by atoms with van der Waals surface area (Å²) in [6.45, 7) is 11.1. The van der Waals surface area contributed by atoms with Crippen LogP contribution >= 0.6 is 0 Å². The van der Waals surface area contributed by atoms with Crippen LogP contribution in [0.25, 0.3) is 0 Å². The van der Waals surface area contributed by atoms with Crippen molar-refractivity contribution in [1.29, 1.82) is 0 Å². The van der Waals surface area contributed by atoms with Crippen molar-refractivity contribution in [3.05, 3.63) is 24.3 Å². The van der Waals surface area contributed by atoms with Gasteiger partial charge in [-0.05, 0) is 63.7 Å². The Kier molecular flexibility index (Phi) is 7.53. The number of piperidine rings is 1. The lowest BCUT2D eigenvalue weighted by Gasteiger charge is -2.27. The van der Waals surface area contributed by atoms with E-state index in [2.05, 4.69) is 36.3 Å². The Balaban J connectivity index is 1.78. The van der Waals surface area contributed by atoms with E-state index in [1.807, 2.05) is 24.3 Å². The Morgan fingerprint density at radius 1 is 1.29 bits per heavy atom. The van der Waals surface area contributed by atoms with Crippen molar-refractivity contribution in [1.82, 2.24) is 10.2 Å². The number of ether oxygens (including phenoxy) is 1. The summed E-state index contributed by atoms with van der Waals surface area (Å²) in [6, 6.07) is 8.08. The first-order chi connectivity index (χ1) is 11.6. The SMILES string of the molecule is CCN(CC)CCOc1ccc(NC(=O)[C@H]2CCN[C@@H](C)C2)cc1. The van der Waals surface area contributed by atoms with Crippen LogP contribution in [0, 0.1) is 5.92 Å². The van der Waals surface area contributed by atoms with E-state index in [9.17, 15) is 4.79 Å². The van der Waals surface area contributed by atoms with Gasteiger partial charge in [0.2, 0.25) is 5.91 Å². The minimum atomic E-state index is 0.103. The number of nitrogens with one attached hydrogen (secondary N) is 2. The van der Waals surface area contributed by atoms with E-state index in [-0.39, 0.29) is 11.8 Å². The molecule has 0 saturated carbocycles. The van der Waals surface area contributed by atoms with Gasteiger partial charge in [-0.15, -0.1) is 0 Å². The fourth-order valence-electron chi connectivity index (χ4n) is 3.08. The van der Waals surface area contributed by atoms with Crippen LogP contribution in [0.3, 0.4) is 0 Å². The minimum Gasteiger partial charge on any atom is -0.492 e. The number of benzene rings is 1. The lowest BCUT2D eigenvalue weighted by atomic mass is 9.92. The number of carbonyl (C=O) groups excluding carboxylic acids is 1. The molecule has 5 heteroatoms. The Labute approximate surface area is 145 Å². The average molecular weight is 333 g/mol. The van der Waals surface area contributed by atoms with Crippen molar-refractivity contribution < 1.29 is 9.53 Å². The molecule has 24 heavy (non-hydrogen) atoms. The Morgan fingerprint density at radius 3 is 2.62 bits per heavy atom. The van der Waals surface area contributed by atoms with E-state index in [0.717, 1.165) is 50.5 Å². The fourth-order valence-corrected chi connectivity index (χ4v) is 3.08. The molecule has 5 nitrogen and oxygen atoms in total. The summed E-state index contributed by atoms with van der Waals surface area (Å²) in [7, 11) is 0. The van der Waals surface area contributed by atoms with Crippen LogP contribution in [0.4, 0.5) is 5.69 Å². The Bertz CT molecular complexity index is 500. The molecule has 0 spiro atoms. The highest BCUT2D eigenvalue weighted by Gasteiger charge is 2.24. The maximum Gasteiger partial charge on any atom is 0.227 e. The molecule has 2 N–H and O–H groups in total. The van der Waals surface area contributed by atoms with Crippen molar-refractivity contribution >= 4 is 11.6 Å². The van der Waals surface area contributed by atoms with Crippen LogP contribution in [0.15, 0.2) is 24.3 Å². The van der Waals surface area contributed by atoms with Crippen LogP contribution in [0.1, 0.15) is 33.6 Å². The van der Waals surface area contributed by atoms with Crippen LogP contribution < -0.4 is 15.4 Å². The second-order valence-electron chi connectivity index (χ2n) is 6.47. The molecule has 0 unspecified atom stereocenters. The van der Waals surface area contributed by atoms with E-state index in [0.29, 0.717) is 12.6 Å². The predicted molar refractivity (Wildman–Crippen MR) is 98.5 cm³/mol. The summed E-state index contributed by atoms with van der Waals surface area (Å²) in [6.07, 6.45) is 1.81. The molecule has 0 aliphatic carbocycles. The van der Waals surface area contributed by atoms with Gasteiger partial charge in [0.1, 0.15) is 12.4 Å². The van der Waals surface area contributed by atoms with E-state index in [1.54, 1.807) is 0 Å². The normalized spacial score (nSPS) is 20.8. The van der Waals surface area contributed by atoms with Gasteiger partial charge in [-0.25, -0.2) is 0 Å². The third kappa shape index (κ3) is 5.80. The first kappa shape index (κ1) is 18.7. The van der Waals surface area contributed by atoms with Gasteiger partial charge in [-0.1, -0.05) is 13.8 Å². The van der Waals surface area contributed by atoms with Crippen LogP contribution in [-0.2, 0) is 4.79 Å². The molecular formula is C19H31N3O2. The predicted octanol–water partition coefficient (Wildman–Crippen LogP) is 2.73. The van der Waals surface area contributed by atoms with Gasteiger partial charge in [0, 0.05) is 24.2 Å². The van der Waals surface area contributed by atoms with Gasteiger partial charge in [-0.2, -0.15) is 0 Å². The molecule has 2 atom stereocenters. The molecule has 2 rings (SSSR count). The minimum absolute atomic E-state index is 0.103. The van der Waals surface area contributed by atoms with Gasteiger partial charge < -0.3 is 20.3 Å². The second kappa shape index (κ2) is 9.64. The summed E-state index contributed by atoms with van der Waals surface area (Å²) >= 11 is 0. The first-order valence-corrected chi connectivity index (χ1v) is 9.11. The number of hydrogen-bond donors (Lipinski definition) is 2. The van der Waals surface area contributed by atoms with Gasteiger partial charge in [0.25, 0.3) is 0 Å². The zero-order valence-corrected chi connectivity index (χ0v) is 15.2. The summed E-state index contributed by atoms with van der Waals surface area (Å²) in [5, 5.41) is 6.40. The number of likely N-dealkylation sites (N-methyl/N-ethyl adjacent to an activating group) is 1. The molecule has 134 valence electrons. The Hall–Kier alpha value is -1.59. The molecule has 1 fully saturated rings. The topological polar surface area (TPSA) is 53.6 Å². The smallest absolute Gasteiger partial charge is 0.227 e. The maximum absolute atomic E-state index is 12.3. The number of amides is 1. The summed E-state index contributed by atoms with van der Waals surface area (Å²) < 4.78 is 5.77. The largest absolute Gasteiger partial charge is 0.492 e. The number of nitrogens with zero attached hydrogens (tertiary/aromatic N) is 1. The third-order valence-corrected chi connectivity index (χ3v) is 4.69. The fraction of sp³-hybridized carbons (Fsp3) is 0.632. The van der Waals surface area contributed by atoms with Gasteiger partial charge in [0.15, 0.2) is 0 Å². The van der Waals surface area contributed by atoms with Crippen molar-refractivity contribution in [2.24, 2.45) is 5.92 Å². The van der Waals surface area contributed by atoms with E-state index in [4.69, 9.17) is 4.74 Å². The molecule has 1 aliphatic rings. The van der Waals surface area contributed by atoms with Crippen molar-refractivity contribution in [3.8, 4) is 5.75 Å². The Morgan fingerprint density at radius 2 is 2.00 bits per heavy atom. The molecule has 1 saturated heterocycles. The number of carbonyl (C=O) groups is 1. The van der Waals surface area contributed by atoms with Crippen LogP contribution in [0.2, 0.25) is 0 Å². The molecule has 1 heterocycles. The van der Waals surface area contributed by atoms with Crippen LogP contribution in [-0.4, -0.2) is 49.6 Å². The summed E-state index contributed by atoms with van der Waals surface area (Å²) in [5.74, 6) is 1.07. The highest BCUT2D eigenvalue weighted by atomic mass is 16.5. The van der Waals surface area contributed by atoms with Crippen molar-refractivity contribution in [2.45, 2.75) is 39.7 Å². The molecule has 0 bridgehead atoms. The zero-order valence-electron chi connectivity index (χ0n) is 15.2. The van der Waals surface area contributed by atoms with Crippen molar-refractivity contribution in [2.75, 3.05) is 38.1 Å². The zero-order chi connectivity index (χ0) is 17.4. The highest BCUT2D eigenvalue weighted by Crippen LogP contribution is 2.20. The molecular weight excluding hydrogens is 302 g/mol. The lowest BCUT2D eigenvalue weighted by molar-refractivity contribution is -0.120. The number of hydrogen-bond acceptors (Lipinski definition) is 4. The van der Waals surface area contributed by atoms with Crippen molar-refractivity contribution in [3.63, 3.8) is 0 Å². The molecule has 1 aliphatic heterocycles. The van der Waals surface area contributed by atoms with Gasteiger partial charge >= 0.3 is 0 Å². The summed E-state index contributed by atoms with van der Waals surface area (Å²) in [4.78, 5) is 14.7.